The Morgan fingerprint density at radius 1 is 0.846 bits per heavy atom. The summed E-state index contributed by atoms with van der Waals surface area (Å²) in [7, 11) is 0. The summed E-state index contributed by atoms with van der Waals surface area (Å²) in [6.07, 6.45) is 0.109. The van der Waals surface area contributed by atoms with Crippen LogP contribution < -0.4 is 10.5 Å². The molecule has 1 amide bonds. The molecule has 0 aromatic heterocycles. The number of hydrogen-bond donors (Lipinski definition) is 1. The van der Waals surface area contributed by atoms with E-state index >= 15 is 0 Å². The molecular formula is C21H16FNO3. The Labute approximate surface area is 150 Å². The van der Waals surface area contributed by atoms with E-state index in [0.29, 0.717) is 0 Å². The first kappa shape index (κ1) is 17.4. The number of carbonyl (C=O) groups excluding carboxylic acids is 2. The summed E-state index contributed by atoms with van der Waals surface area (Å²) in [4.78, 5) is 24.2. The number of carbonyl (C=O) groups is 2. The fourth-order valence-corrected chi connectivity index (χ4v) is 2.56. The van der Waals surface area contributed by atoms with Crippen molar-refractivity contribution < 1.29 is 18.7 Å². The number of para-hydroxylation sites is 1. The molecule has 4 nitrogen and oxygen atoms in total. The van der Waals surface area contributed by atoms with Gasteiger partial charge in [-0.15, -0.1) is 0 Å². The molecule has 0 fully saturated rings. The first-order valence-electron chi connectivity index (χ1n) is 7.98. The van der Waals surface area contributed by atoms with Crippen LogP contribution in [0.3, 0.4) is 0 Å². The van der Waals surface area contributed by atoms with E-state index < -0.39 is 11.7 Å². The van der Waals surface area contributed by atoms with Crippen molar-refractivity contribution in [3.05, 3.63) is 95.3 Å². The first-order chi connectivity index (χ1) is 12.5. The molecule has 0 radical (unpaired) electrons. The van der Waals surface area contributed by atoms with Crippen LogP contribution in [-0.4, -0.2) is 11.7 Å². The lowest BCUT2D eigenvalue weighted by molar-refractivity contribution is 0.0988. The number of ketones is 1. The highest BCUT2D eigenvalue weighted by molar-refractivity contribution is 6.00. The van der Waals surface area contributed by atoms with E-state index in [0.717, 1.165) is 11.6 Å². The summed E-state index contributed by atoms with van der Waals surface area (Å²) >= 11 is 0. The van der Waals surface area contributed by atoms with E-state index in [2.05, 4.69) is 0 Å². The number of primary amides is 1. The molecule has 0 heterocycles. The van der Waals surface area contributed by atoms with Gasteiger partial charge in [0.1, 0.15) is 17.3 Å². The average Bonchev–Trinajstić information content (AvgIpc) is 2.64. The second-order valence-electron chi connectivity index (χ2n) is 5.69. The van der Waals surface area contributed by atoms with Gasteiger partial charge in [0.2, 0.25) is 0 Å². The number of halogens is 1. The zero-order valence-electron chi connectivity index (χ0n) is 13.8. The van der Waals surface area contributed by atoms with Crippen molar-refractivity contribution in [1.82, 2.24) is 0 Å². The quantitative estimate of drug-likeness (QED) is 0.680. The summed E-state index contributed by atoms with van der Waals surface area (Å²) in [5, 5.41) is 0. The fourth-order valence-electron chi connectivity index (χ4n) is 2.56. The molecule has 3 rings (SSSR count). The summed E-state index contributed by atoms with van der Waals surface area (Å²) in [5.41, 5.74) is 6.44. The van der Waals surface area contributed by atoms with Crippen molar-refractivity contribution in [2.45, 2.75) is 6.42 Å². The van der Waals surface area contributed by atoms with Gasteiger partial charge in [-0.05, 0) is 35.9 Å². The van der Waals surface area contributed by atoms with Crippen molar-refractivity contribution >= 4 is 11.7 Å². The van der Waals surface area contributed by atoms with Gasteiger partial charge in [0.25, 0.3) is 5.91 Å². The Morgan fingerprint density at radius 3 is 2.23 bits per heavy atom. The van der Waals surface area contributed by atoms with Gasteiger partial charge in [-0.3, -0.25) is 9.59 Å². The van der Waals surface area contributed by atoms with Crippen molar-refractivity contribution in [3.8, 4) is 11.5 Å². The molecule has 0 aliphatic heterocycles. The van der Waals surface area contributed by atoms with Crippen LogP contribution in [0.5, 0.6) is 11.5 Å². The summed E-state index contributed by atoms with van der Waals surface area (Å²) < 4.78 is 19.4. The van der Waals surface area contributed by atoms with E-state index in [9.17, 15) is 14.0 Å². The van der Waals surface area contributed by atoms with Gasteiger partial charge in [0.05, 0.1) is 11.1 Å². The maximum Gasteiger partial charge on any atom is 0.252 e. The van der Waals surface area contributed by atoms with Crippen LogP contribution in [0.15, 0.2) is 72.8 Å². The van der Waals surface area contributed by atoms with Gasteiger partial charge in [-0.1, -0.05) is 42.5 Å². The predicted octanol–water partition coefficient (Wildman–Crippen LogP) is 4.14. The molecule has 130 valence electrons. The largest absolute Gasteiger partial charge is 0.456 e. The summed E-state index contributed by atoms with van der Waals surface area (Å²) in [6.45, 7) is 0. The van der Waals surface area contributed by atoms with Gasteiger partial charge in [0, 0.05) is 6.42 Å². The van der Waals surface area contributed by atoms with Gasteiger partial charge >= 0.3 is 0 Å². The zero-order chi connectivity index (χ0) is 18.5. The molecule has 0 aliphatic rings. The maximum atomic E-state index is 13.7. The fraction of sp³-hybridized carbons (Fsp3) is 0.0476. The Kier molecular flexibility index (Phi) is 5.08. The van der Waals surface area contributed by atoms with Crippen molar-refractivity contribution in [2.75, 3.05) is 0 Å². The third-order valence-corrected chi connectivity index (χ3v) is 3.82. The van der Waals surface area contributed by atoms with Crippen LogP contribution in [0.1, 0.15) is 26.3 Å². The Hall–Kier alpha value is -3.47. The summed E-state index contributed by atoms with van der Waals surface area (Å²) in [5.74, 6) is -1.11. The SMILES string of the molecule is NC(=O)c1ccccc1Oc1ccc(F)cc1C(=O)Cc1ccccc1. The standard InChI is InChI=1S/C21H16FNO3/c22-15-10-11-20(26-19-9-5-4-8-16(19)21(23)25)17(13-15)18(24)12-14-6-2-1-3-7-14/h1-11,13H,12H2,(H2,23,25). The number of benzene rings is 3. The van der Waals surface area contributed by atoms with E-state index in [4.69, 9.17) is 10.5 Å². The molecule has 3 aromatic carbocycles. The number of amides is 1. The molecule has 3 aromatic rings. The van der Waals surface area contributed by atoms with E-state index in [1.807, 2.05) is 30.3 Å². The molecule has 5 heteroatoms. The average molecular weight is 349 g/mol. The van der Waals surface area contributed by atoms with Gasteiger partial charge in [-0.25, -0.2) is 4.39 Å². The highest BCUT2D eigenvalue weighted by Crippen LogP contribution is 2.29. The highest BCUT2D eigenvalue weighted by atomic mass is 19.1. The number of nitrogens with two attached hydrogens (primary N) is 1. The minimum absolute atomic E-state index is 0.105. The molecule has 0 atom stereocenters. The lowest BCUT2D eigenvalue weighted by atomic mass is 10.0. The molecule has 2 N–H and O–H groups in total. The topological polar surface area (TPSA) is 69.4 Å². The predicted molar refractivity (Wildman–Crippen MR) is 95.9 cm³/mol. The highest BCUT2D eigenvalue weighted by Gasteiger charge is 2.17. The molecular weight excluding hydrogens is 333 g/mol. The van der Waals surface area contributed by atoms with Gasteiger partial charge in [0.15, 0.2) is 5.78 Å². The van der Waals surface area contributed by atoms with Crippen LogP contribution in [0, 0.1) is 5.82 Å². The molecule has 0 unspecified atom stereocenters. The molecule has 0 saturated heterocycles. The lowest BCUT2D eigenvalue weighted by Gasteiger charge is -2.13. The minimum Gasteiger partial charge on any atom is -0.456 e. The molecule has 0 aliphatic carbocycles. The number of rotatable bonds is 6. The smallest absolute Gasteiger partial charge is 0.252 e. The maximum absolute atomic E-state index is 13.7. The van der Waals surface area contributed by atoms with Crippen LogP contribution >= 0.6 is 0 Å². The molecule has 0 spiro atoms. The second kappa shape index (κ2) is 7.61. The second-order valence-corrected chi connectivity index (χ2v) is 5.69. The molecule has 26 heavy (non-hydrogen) atoms. The van der Waals surface area contributed by atoms with Crippen LogP contribution in [0.25, 0.3) is 0 Å². The van der Waals surface area contributed by atoms with Crippen LogP contribution in [0.2, 0.25) is 0 Å². The zero-order valence-corrected chi connectivity index (χ0v) is 13.8. The first-order valence-corrected chi connectivity index (χ1v) is 7.98. The monoisotopic (exact) mass is 349 g/mol. The summed E-state index contributed by atoms with van der Waals surface area (Å²) in [6, 6.07) is 19.3. The number of hydrogen-bond acceptors (Lipinski definition) is 3. The van der Waals surface area contributed by atoms with Crippen LogP contribution in [-0.2, 0) is 6.42 Å². The normalized spacial score (nSPS) is 10.3. The van der Waals surface area contributed by atoms with Crippen molar-refractivity contribution in [2.24, 2.45) is 5.73 Å². The lowest BCUT2D eigenvalue weighted by Crippen LogP contribution is -2.12. The van der Waals surface area contributed by atoms with Crippen molar-refractivity contribution in [3.63, 3.8) is 0 Å². The number of Topliss-reactive ketones (excluding diaryl/α,β-unsaturated/α-hetero) is 1. The van der Waals surface area contributed by atoms with E-state index in [1.165, 1.54) is 18.2 Å². The molecule has 0 bridgehead atoms. The van der Waals surface area contributed by atoms with Gasteiger partial charge < -0.3 is 10.5 Å². The van der Waals surface area contributed by atoms with Gasteiger partial charge in [-0.2, -0.15) is 0 Å². The third-order valence-electron chi connectivity index (χ3n) is 3.82. The van der Waals surface area contributed by atoms with Crippen LogP contribution in [0.4, 0.5) is 4.39 Å². The molecule has 0 saturated carbocycles. The Morgan fingerprint density at radius 2 is 1.50 bits per heavy atom. The van der Waals surface area contributed by atoms with E-state index in [1.54, 1.807) is 18.2 Å². The Balaban J connectivity index is 1.94. The minimum atomic E-state index is -0.653. The van der Waals surface area contributed by atoms with E-state index in [-0.39, 0.29) is 34.8 Å². The third kappa shape index (κ3) is 3.95. The van der Waals surface area contributed by atoms with Crippen molar-refractivity contribution in [1.29, 1.82) is 0 Å². The Bertz CT molecular complexity index is 954. The number of ether oxygens (including phenoxy) is 1.